The van der Waals surface area contributed by atoms with E-state index in [4.69, 9.17) is 0 Å². The predicted octanol–water partition coefficient (Wildman–Crippen LogP) is 6.45. The van der Waals surface area contributed by atoms with Crippen molar-refractivity contribution in [2.24, 2.45) is 0 Å². The van der Waals surface area contributed by atoms with Gasteiger partial charge in [0.05, 0.1) is 16.1 Å². The van der Waals surface area contributed by atoms with Gasteiger partial charge in [-0.1, -0.05) is 117 Å². The molecular weight excluding hydrogens is 320 g/mol. The van der Waals surface area contributed by atoms with Crippen LogP contribution in [0.4, 0.5) is 0 Å². The van der Waals surface area contributed by atoms with E-state index in [0.717, 1.165) is 0 Å². The molecule has 0 radical (unpaired) electrons. The van der Waals surface area contributed by atoms with Gasteiger partial charge in [-0.25, -0.2) is 0 Å². The molecule has 0 heterocycles. The van der Waals surface area contributed by atoms with Crippen molar-refractivity contribution in [1.82, 2.24) is 0 Å². The second-order valence-electron chi connectivity index (χ2n) is 8.45. The third kappa shape index (κ3) is 5.92. The SMILES string of the molecule is CC(/C=C/[Si](C)(C)Cc1ccccc1)[Si](C)(C)Cc1ccccc1. The van der Waals surface area contributed by atoms with Crippen LogP contribution in [0, 0.1) is 0 Å². The molecule has 0 amide bonds. The monoisotopic (exact) mass is 352 g/mol. The first-order chi connectivity index (χ1) is 11.3. The maximum Gasteiger partial charge on any atom is 0.0756 e. The van der Waals surface area contributed by atoms with Gasteiger partial charge in [0.2, 0.25) is 0 Å². The Labute approximate surface area is 150 Å². The molecule has 2 rings (SSSR count). The van der Waals surface area contributed by atoms with Crippen LogP contribution in [0.2, 0.25) is 31.7 Å². The van der Waals surface area contributed by atoms with E-state index in [2.05, 4.69) is 106 Å². The minimum absolute atomic E-state index is 0.709. The van der Waals surface area contributed by atoms with Crippen molar-refractivity contribution in [3.8, 4) is 0 Å². The summed E-state index contributed by atoms with van der Waals surface area (Å²) in [6.45, 7) is 12.4. The zero-order chi connectivity index (χ0) is 17.6. The molecule has 0 aromatic heterocycles. The minimum atomic E-state index is -1.34. The summed E-state index contributed by atoms with van der Waals surface area (Å²) in [4.78, 5) is 0. The summed E-state index contributed by atoms with van der Waals surface area (Å²) in [5.74, 6) is 0. The normalized spacial score (nSPS) is 14.0. The Kier molecular flexibility index (Phi) is 6.42. The molecule has 0 aliphatic heterocycles. The minimum Gasteiger partial charge on any atom is -0.0983 e. The number of allylic oxidation sites excluding steroid dienone is 1. The lowest BCUT2D eigenvalue weighted by Crippen LogP contribution is -2.34. The van der Waals surface area contributed by atoms with Gasteiger partial charge in [-0.15, -0.1) is 0 Å². The Morgan fingerprint density at radius 1 is 0.750 bits per heavy atom. The molecule has 1 atom stereocenters. The summed E-state index contributed by atoms with van der Waals surface area (Å²) in [7, 11) is -2.64. The van der Waals surface area contributed by atoms with Crippen molar-refractivity contribution in [3.05, 3.63) is 83.6 Å². The first-order valence-corrected chi connectivity index (χ1v) is 15.6. The Bertz CT molecular complexity index is 642. The molecule has 0 bridgehead atoms. The zero-order valence-corrected chi connectivity index (χ0v) is 17.9. The predicted molar refractivity (Wildman–Crippen MR) is 114 cm³/mol. The van der Waals surface area contributed by atoms with Gasteiger partial charge in [0.15, 0.2) is 0 Å². The second-order valence-corrected chi connectivity index (χ2v) is 18.4. The number of hydrogen-bond acceptors (Lipinski definition) is 0. The Morgan fingerprint density at radius 2 is 1.21 bits per heavy atom. The summed E-state index contributed by atoms with van der Waals surface area (Å²) < 4.78 is 0. The fourth-order valence-corrected chi connectivity index (χ4v) is 7.76. The maximum absolute atomic E-state index is 2.59. The average Bonchev–Trinajstić information content (AvgIpc) is 2.53. The number of rotatable bonds is 7. The largest absolute Gasteiger partial charge is 0.0983 e. The van der Waals surface area contributed by atoms with Crippen LogP contribution in [-0.4, -0.2) is 16.1 Å². The summed E-state index contributed by atoms with van der Waals surface area (Å²) in [5, 5.41) is 0. The van der Waals surface area contributed by atoms with Gasteiger partial charge in [0.25, 0.3) is 0 Å². The smallest absolute Gasteiger partial charge is 0.0756 e. The highest BCUT2D eigenvalue weighted by Crippen LogP contribution is 2.27. The fraction of sp³-hybridized carbons (Fsp3) is 0.364. The highest BCUT2D eigenvalue weighted by molar-refractivity contribution is 6.82. The lowest BCUT2D eigenvalue weighted by atomic mass is 10.2. The molecule has 0 N–H and O–H groups in total. The molecule has 0 spiro atoms. The van der Waals surface area contributed by atoms with E-state index in [0.29, 0.717) is 5.54 Å². The summed E-state index contributed by atoms with van der Waals surface area (Å²) in [6, 6.07) is 24.4. The van der Waals surface area contributed by atoms with E-state index < -0.39 is 16.1 Å². The van der Waals surface area contributed by atoms with Gasteiger partial charge in [0.1, 0.15) is 0 Å². The van der Waals surface area contributed by atoms with Crippen molar-refractivity contribution >= 4 is 16.1 Å². The zero-order valence-electron chi connectivity index (χ0n) is 15.9. The highest BCUT2D eigenvalue weighted by atomic mass is 28.3. The highest BCUT2D eigenvalue weighted by Gasteiger charge is 2.27. The van der Waals surface area contributed by atoms with Crippen LogP contribution >= 0.6 is 0 Å². The molecule has 2 aromatic rings. The molecule has 0 aliphatic rings. The van der Waals surface area contributed by atoms with Gasteiger partial charge in [-0.2, -0.15) is 0 Å². The molecule has 2 aromatic carbocycles. The van der Waals surface area contributed by atoms with E-state index in [-0.39, 0.29) is 0 Å². The fourth-order valence-electron chi connectivity index (χ4n) is 3.13. The molecule has 0 aliphatic carbocycles. The Balaban J connectivity index is 2.01. The Hall–Kier alpha value is -1.39. The molecule has 0 saturated heterocycles. The molecule has 128 valence electrons. The average molecular weight is 353 g/mol. The van der Waals surface area contributed by atoms with Gasteiger partial charge < -0.3 is 0 Å². The molecule has 2 heteroatoms. The lowest BCUT2D eigenvalue weighted by Gasteiger charge is -2.29. The van der Waals surface area contributed by atoms with E-state index in [9.17, 15) is 0 Å². The van der Waals surface area contributed by atoms with Crippen molar-refractivity contribution in [2.75, 3.05) is 0 Å². The lowest BCUT2D eigenvalue weighted by molar-refractivity contribution is 1.08. The Morgan fingerprint density at radius 3 is 1.71 bits per heavy atom. The van der Waals surface area contributed by atoms with Gasteiger partial charge >= 0.3 is 0 Å². The summed E-state index contributed by atoms with van der Waals surface area (Å²) in [6.07, 6.45) is 2.55. The quantitative estimate of drug-likeness (QED) is 0.502. The number of benzene rings is 2. The standard InChI is InChI=1S/C22H32Si2/c1-20(24(4,5)19-22-14-10-7-11-15-22)16-17-23(2,3)18-21-12-8-6-9-13-21/h6-17,20H,18-19H2,1-5H3/b17-16+. The third-order valence-corrected chi connectivity index (χ3v) is 11.5. The van der Waals surface area contributed by atoms with Crippen LogP contribution in [-0.2, 0) is 12.1 Å². The van der Waals surface area contributed by atoms with Crippen LogP contribution in [0.15, 0.2) is 72.4 Å². The first-order valence-electron chi connectivity index (χ1n) is 9.06. The van der Waals surface area contributed by atoms with E-state index in [1.165, 1.54) is 23.2 Å². The van der Waals surface area contributed by atoms with Crippen LogP contribution in [0.5, 0.6) is 0 Å². The number of hydrogen-bond donors (Lipinski definition) is 0. The molecule has 1 unspecified atom stereocenters. The summed E-state index contributed by atoms with van der Waals surface area (Å²) in [5.41, 5.74) is 6.27. The molecule has 0 nitrogen and oxygen atoms in total. The molecule has 0 saturated carbocycles. The van der Waals surface area contributed by atoms with Gasteiger partial charge in [0, 0.05) is 0 Å². The van der Waals surface area contributed by atoms with E-state index >= 15 is 0 Å². The van der Waals surface area contributed by atoms with E-state index in [1.807, 2.05) is 0 Å². The van der Waals surface area contributed by atoms with E-state index in [1.54, 1.807) is 0 Å². The van der Waals surface area contributed by atoms with Gasteiger partial charge in [-0.05, 0) is 17.6 Å². The topological polar surface area (TPSA) is 0 Å². The second kappa shape index (κ2) is 8.13. The van der Waals surface area contributed by atoms with Crippen molar-refractivity contribution in [2.45, 2.75) is 50.7 Å². The van der Waals surface area contributed by atoms with Crippen molar-refractivity contribution < 1.29 is 0 Å². The van der Waals surface area contributed by atoms with Crippen LogP contribution in [0.25, 0.3) is 0 Å². The molecule has 0 fully saturated rings. The van der Waals surface area contributed by atoms with Crippen LogP contribution in [0.3, 0.4) is 0 Å². The first kappa shape index (κ1) is 18.9. The summed E-state index contributed by atoms with van der Waals surface area (Å²) >= 11 is 0. The molecule has 24 heavy (non-hydrogen) atoms. The van der Waals surface area contributed by atoms with Crippen LogP contribution < -0.4 is 0 Å². The molecular formula is C22H32Si2. The van der Waals surface area contributed by atoms with Crippen molar-refractivity contribution in [3.63, 3.8) is 0 Å². The van der Waals surface area contributed by atoms with Gasteiger partial charge in [-0.3, -0.25) is 0 Å². The maximum atomic E-state index is 2.59. The van der Waals surface area contributed by atoms with Crippen LogP contribution in [0.1, 0.15) is 18.1 Å². The third-order valence-electron chi connectivity index (χ3n) is 5.07. The van der Waals surface area contributed by atoms with Crippen molar-refractivity contribution in [1.29, 1.82) is 0 Å².